The molecule has 0 aliphatic carbocycles. The first-order valence-electron chi connectivity index (χ1n) is 5.04. The lowest BCUT2D eigenvalue weighted by molar-refractivity contribution is -0.384. The fraction of sp³-hybridized carbons (Fsp3) is 0.0833. The molecule has 0 N–H and O–H groups in total. The highest BCUT2D eigenvalue weighted by atomic mass is 32.1. The zero-order valence-corrected chi connectivity index (χ0v) is 10.3. The highest BCUT2D eigenvalue weighted by molar-refractivity contribution is 7.13. The number of ether oxygens (including phenoxy) is 1. The summed E-state index contributed by atoms with van der Waals surface area (Å²) in [4.78, 5) is 22.7. The first-order valence-corrected chi connectivity index (χ1v) is 5.92. The summed E-state index contributed by atoms with van der Waals surface area (Å²) in [5.41, 5.74) is 0.576. The van der Waals surface area contributed by atoms with Gasteiger partial charge in [-0.05, 0) is 23.6 Å². The lowest BCUT2D eigenvalue weighted by atomic mass is 10.1. The number of esters is 1. The van der Waals surface area contributed by atoms with E-state index in [0.717, 1.165) is 4.88 Å². The Morgan fingerprint density at radius 1 is 1.39 bits per heavy atom. The van der Waals surface area contributed by atoms with Crippen LogP contribution >= 0.6 is 11.3 Å². The molecule has 0 bridgehead atoms. The van der Waals surface area contributed by atoms with E-state index in [-0.39, 0.29) is 11.3 Å². The molecule has 0 saturated carbocycles. The topological polar surface area (TPSA) is 69.4 Å². The van der Waals surface area contributed by atoms with Gasteiger partial charge in [0, 0.05) is 10.9 Å². The first kappa shape index (κ1) is 12.3. The molecule has 2 rings (SSSR count). The van der Waals surface area contributed by atoms with Gasteiger partial charge in [-0.25, -0.2) is 4.79 Å². The summed E-state index contributed by atoms with van der Waals surface area (Å²) in [5.74, 6) is -0.587. The molecule has 1 aromatic carbocycles. The number of carbonyl (C=O) groups is 1. The second-order valence-electron chi connectivity index (χ2n) is 3.46. The third-order valence-corrected chi connectivity index (χ3v) is 3.31. The van der Waals surface area contributed by atoms with Crippen LogP contribution in [0.3, 0.4) is 0 Å². The average Bonchev–Trinajstić information content (AvgIpc) is 2.90. The van der Waals surface area contributed by atoms with Crippen LogP contribution in [0.25, 0.3) is 10.4 Å². The van der Waals surface area contributed by atoms with Crippen LogP contribution in [0.2, 0.25) is 0 Å². The quantitative estimate of drug-likeness (QED) is 0.484. The van der Waals surface area contributed by atoms with Gasteiger partial charge >= 0.3 is 5.97 Å². The third-order valence-electron chi connectivity index (χ3n) is 2.40. The van der Waals surface area contributed by atoms with Crippen LogP contribution in [-0.2, 0) is 4.74 Å². The van der Waals surface area contributed by atoms with Gasteiger partial charge in [0.15, 0.2) is 0 Å². The van der Waals surface area contributed by atoms with Crippen molar-refractivity contribution in [3.8, 4) is 10.4 Å². The fourth-order valence-corrected chi connectivity index (χ4v) is 2.33. The van der Waals surface area contributed by atoms with Gasteiger partial charge in [0.1, 0.15) is 0 Å². The molecule has 0 saturated heterocycles. The van der Waals surface area contributed by atoms with Crippen molar-refractivity contribution in [3.63, 3.8) is 0 Å². The summed E-state index contributed by atoms with van der Waals surface area (Å²) < 4.78 is 4.54. The van der Waals surface area contributed by atoms with Crippen LogP contribution in [0.4, 0.5) is 5.69 Å². The Bertz CT molecular complexity index is 592. The molecule has 0 fully saturated rings. The Morgan fingerprint density at radius 3 is 2.72 bits per heavy atom. The number of rotatable bonds is 3. The molecule has 1 heterocycles. The van der Waals surface area contributed by atoms with Crippen LogP contribution in [0, 0.1) is 10.1 Å². The first-order chi connectivity index (χ1) is 8.63. The Labute approximate surface area is 107 Å². The molecule has 92 valence electrons. The van der Waals surface area contributed by atoms with Gasteiger partial charge in [0.05, 0.1) is 23.2 Å². The molecule has 18 heavy (non-hydrogen) atoms. The van der Waals surface area contributed by atoms with Crippen LogP contribution in [-0.4, -0.2) is 18.0 Å². The predicted molar refractivity (Wildman–Crippen MR) is 67.7 cm³/mol. The molecule has 0 atom stereocenters. The summed E-state index contributed by atoms with van der Waals surface area (Å²) in [6, 6.07) is 7.94. The van der Waals surface area contributed by atoms with Crippen LogP contribution < -0.4 is 0 Å². The minimum atomic E-state index is -0.587. The molecule has 5 nitrogen and oxygen atoms in total. The molecule has 1 aromatic heterocycles. The summed E-state index contributed by atoms with van der Waals surface area (Å²) in [5, 5.41) is 12.9. The van der Waals surface area contributed by atoms with E-state index in [2.05, 4.69) is 4.74 Å². The lowest BCUT2D eigenvalue weighted by Crippen LogP contribution is -2.02. The number of hydrogen-bond acceptors (Lipinski definition) is 5. The minimum Gasteiger partial charge on any atom is -0.465 e. The van der Waals surface area contributed by atoms with E-state index >= 15 is 0 Å². The van der Waals surface area contributed by atoms with Crippen LogP contribution in [0.1, 0.15) is 10.4 Å². The molecular formula is C12H9NO4S. The number of hydrogen-bond donors (Lipinski definition) is 0. The largest absolute Gasteiger partial charge is 0.465 e. The summed E-state index contributed by atoms with van der Waals surface area (Å²) in [6.07, 6.45) is 0. The van der Waals surface area contributed by atoms with Crippen molar-refractivity contribution in [2.24, 2.45) is 0 Å². The van der Waals surface area contributed by atoms with Gasteiger partial charge in [-0.15, -0.1) is 11.3 Å². The summed E-state index contributed by atoms with van der Waals surface area (Å²) in [7, 11) is 1.24. The summed E-state index contributed by atoms with van der Waals surface area (Å²) in [6.45, 7) is 0. The molecular weight excluding hydrogens is 254 g/mol. The number of nitro benzene ring substituents is 1. The third kappa shape index (κ3) is 2.23. The van der Waals surface area contributed by atoms with E-state index in [0.29, 0.717) is 5.56 Å². The van der Waals surface area contributed by atoms with Gasteiger partial charge < -0.3 is 4.74 Å². The molecule has 0 aliphatic heterocycles. The van der Waals surface area contributed by atoms with Gasteiger partial charge in [0.2, 0.25) is 0 Å². The maximum atomic E-state index is 11.3. The maximum absolute atomic E-state index is 11.3. The predicted octanol–water partition coefficient (Wildman–Crippen LogP) is 3.11. The number of nitro groups is 1. The molecule has 0 aliphatic rings. The van der Waals surface area contributed by atoms with E-state index in [9.17, 15) is 14.9 Å². The second-order valence-corrected chi connectivity index (χ2v) is 4.41. The van der Waals surface area contributed by atoms with E-state index < -0.39 is 10.9 Å². The van der Waals surface area contributed by atoms with E-state index in [1.54, 1.807) is 12.1 Å². The highest BCUT2D eigenvalue weighted by Gasteiger charge is 2.19. The monoisotopic (exact) mass is 263 g/mol. The standard InChI is InChI=1S/C12H9NO4S/c1-17-12(14)8-4-5-9(10(7-8)13(15)16)11-3-2-6-18-11/h2-7H,1H3. The number of nitrogens with zero attached hydrogens (tertiary/aromatic N) is 1. The Morgan fingerprint density at radius 2 is 2.17 bits per heavy atom. The summed E-state index contributed by atoms with van der Waals surface area (Å²) >= 11 is 1.41. The van der Waals surface area contributed by atoms with Crippen molar-refractivity contribution < 1.29 is 14.5 Å². The van der Waals surface area contributed by atoms with Crippen LogP contribution in [0.15, 0.2) is 35.7 Å². The smallest absolute Gasteiger partial charge is 0.338 e. The van der Waals surface area contributed by atoms with Crippen LogP contribution in [0.5, 0.6) is 0 Å². The average molecular weight is 263 g/mol. The Balaban J connectivity index is 2.55. The molecule has 0 radical (unpaired) electrons. The van der Waals surface area contributed by atoms with Crippen molar-refractivity contribution in [1.82, 2.24) is 0 Å². The van der Waals surface area contributed by atoms with Gasteiger partial charge in [-0.3, -0.25) is 10.1 Å². The van der Waals surface area contributed by atoms with Gasteiger partial charge in [0.25, 0.3) is 5.69 Å². The van der Waals surface area contributed by atoms with Crippen molar-refractivity contribution in [3.05, 3.63) is 51.4 Å². The minimum absolute atomic E-state index is 0.0969. The zero-order valence-electron chi connectivity index (χ0n) is 9.45. The number of methoxy groups -OCH3 is 1. The Kier molecular flexibility index (Phi) is 3.38. The van der Waals surface area contributed by atoms with Gasteiger partial charge in [-0.1, -0.05) is 6.07 Å². The highest BCUT2D eigenvalue weighted by Crippen LogP contribution is 2.33. The van der Waals surface area contributed by atoms with Gasteiger partial charge in [-0.2, -0.15) is 0 Å². The maximum Gasteiger partial charge on any atom is 0.338 e. The van der Waals surface area contributed by atoms with E-state index in [1.165, 1.54) is 30.6 Å². The molecule has 0 unspecified atom stereocenters. The zero-order chi connectivity index (χ0) is 13.1. The molecule has 6 heteroatoms. The van der Waals surface area contributed by atoms with E-state index in [1.807, 2.05) is 11.4 Å². The second kappa shape index (κ2) is 4.97. The van der Waals surface area contributed by atoms with Crippen molar-refractivity contribution >= 4 is 23.0 Å². The molecule has 0 amide bonds. The Hall–Kier alpha value is -2.21. The van der Waals surface area contributed by atoms with E-state index in [4.69, 9.17) is 0 Å². The fourth-order valence-electron chi connectivity index (χ4n) is 1.57. The normalized spacial score (nSPS) is 10.1. The number of thiophene rings is 1. The molecule has 0 spiro atoms. The van der Waals surface area contributed by atoms with Crippen molar-refractivity contribution in [2.45, 2.75) is 0 Å². The number of benzene rings is 1. The van der Waals surface area contributed by atoms with Crippen molar-refractivity contribution in [1.29, 1.82) is 0 Å². The molecule has 2 aromatic rings. The SMILES string of the molecule is COC(=O)c1ccc(-c2cccs2)c([N+](=O)[O-])c1. The number of carbonyl (C=O) groups excluding carboxylic acids is 1. The lowest BCUT2D eigenvalue weighted by Gasteiger charge is -2.03. The van der Waals surface area contributed by atoms with Crippen molar-refractivity contribution in [2.75, 3.05) is 7.11 Å².